The number of aromatic nitrogens is 2. The van der Waals surface area contributed by atoms with E-state index in [0.29, 0.717) is 5.95 Å². The van der Waals surface area contributed by atoms with E-state index in [1.165, 1.54) is 17.3 Å². The highest BCUT2D eigenvalue weighted by molar-refractivity contribution is 5.72. The molecule has 1 N–H and O–H groups in total. The summed E-state index contributed by atoms with van der Waals surface area (Å²) in [6.45, 7) is -0.0233. The number of hydrogen-bond donors (Lipinski definition) is 1. The Balaban J connectivity index is 2.78. The number of terminal acetylenes is 1. The fraction of sp³-hybridized carbons (Fsp3) is 0.222. The number of anilines is 1. The molecule has 0 aliphatic carbocycles. The Kier molecular flexibility index (Phi) is 3.44. The lowest BCUT2D eigenvalue weighted by Crippen LogP contribution is -2.31. The van der Waals surface area contributed by atoms with Crippen molar-refractivity contribution in [2.24, 2.45) is 0 Å². The molecule has 0 radical (unpaired) electrons. The fourth-order valence-electron chi connectivity index (χ4n) is 0.925. The van der Waals surface area contributed by atoms with Crippen molar-refractivity contribution < 1.29 is 9.90 Å². The normalized spacial score (nSPS) is 9.07. The number of aliphatic carboxylic acids is 1. The predicted molar refractivity (Wildman–Crippen MR) is 50.7 cm³/mol. The molecule has 1 rings (SSSR count). The Labute approximate surface area is 81.4 Å². The van der Waals surface area contributed by atoms with Crippen LogP contribution in [0.4, 0.5) is 5.95 Å². The Morgan fingerprint density at radius 2 is 2.21 bits per heavy atom. The Bertz CT molecular complexity index is 345. The fourth-order valence-corrected chi connectivity index (χ4v) is 0.925. The molecule has 14 heavy (non-hydrogen) atoms. The summed E-state index contributed by atoms with van der Waals surface area (Å²) in [5, 5.41) is 8.61. The smallest absolute Gasteiger partial charge is 0.323 e. The average Bonchev–Trinajstić information content (AvgIpc) is 2.18. The summed E-state index contributed by atoms with van der Waals surface area (Å²) in [6, 6.07) is 1.65. The second-order valence-corrected chi connectivity index (χ2v) is 2.50. The number of nitrogens with zero attached hydrogens (tertiary/aromatic N) is 3. The first-order valence-electron chi connectivity index (χ1n) is 3.91. The van der Waals surface area contributed by atoms with E-state index in [4.69, 9.17) is 11.5 Å². The van der Waals surface area contributed by atoms with E-state index < -0.39 is 5.97 Å². The SMILES string of the molecule is C#CCN(CC(=O)O)c1ncccn1. The van der Waals surface area contributed by atoms with Crippen molar-refractivity contribution in [1.82, 2.24) is 9.97 Å². The van der Waals surface area contributed by atoms with Gasteiger partial charge in [-0.05, 0) is 6.07 Å². The zero-order valence-corrected chi connectivity index (χ0v) is 7.42. The average molecular weight is 191 g/mol. The van der Waals surface area contributed by atoms with Crippen LogP contribution in [0.25, 0.3) is 0 Å². The maximum Gasteiger partial charge on any atom is 0.323 e. The summed E-state index contributed by atoms with van der Waals surface area (Å²) in [5.41, 5.74) is 0. The molecular weight excluding hydrogens is 182 g/mol. The molecule has 5 nitrogen and oxygen atoms in total. The standard InChI is InChI=1S/C9H9N3O2/c1-2-6-12(7-8(13)14)9-10-4-3-5-11-9/h1,3-5H,6-7H2,(H,13,14). The summed E-state index contributed by atoms with van der Waals surface area (Å²) in [5.74, 6) is 1.72. The van der Waals surface area contributed by atoms with E-state index in [9.17, 15) is 4.79 Å². The van der Waals surface area contributed by atoms with Crippen LogP contribution >= 0.6 is 0 Å². The van der Waals surface area contributed by atoms with E-state index in [1.807, 2.05) is 0 Å². The second kappa shape index (κ2) is 4.82. The first-order valence-corrected chi connectivity index (χ1v) is 3.91. The highest BCUT2D eigenvalue weighted by Gasteiger charge is 2.10. The highest BCUT2D eigenvalue weighted by Crippen LogP contribution is 2.03. The predicted octanol–water partition coefficient (Wildman–Crippen LogP) is 0.000800. The monoisotopic (exact) mass is 191 g/mol. The Morgan fingerprint density at radius 3 is 2.71 bits per heavy atom. The topological polar surface area (TPSA) is 66.3 Å². The first-order chi connectivity index (χ1) is 6.74. The molecule has 72 valence electrons. The third-order valence-corrected chi connectivity index (χ3v) is 1.44. The van der Waals surface area contributed by atoms with Gasteiger partial charge in [0.1, 0.15) is 6.54 Å². The van der Waals surface area contributed by atoms with Gasteiger partial charge in [0.25, 0.3) is 0 Å². The zero-order chi connectivity index (χ0) is 10.4. The number of hydrogen-bond acceptors (Lipinski definition) is 4. The number of carboxylic acid groups (broad SMARTS) is 1. The maximum absolute atomic E-state index is 10.5. The molecule has 0 aliphatic heterocycles. The van der Waals surface area contributed by atoms with E-state index in [0.717, 1.165) is 0 Å². The van der Waals surface area contributed by atoms with Gasteiger partial charge in [-0.1, -0.05) is 5.92 Å². The van der Waals surface area contributed by atoms with Crippen molar-refractivity contribution in [2.45, 2.75) is 0 Å². The van der Waals surface area contributed by atoms with Gasteiger partial charge in [0.2, 0.25) is 5.95 Å². The van der Waals surface area contributed by atoms with Crippen LogP contribution in [0, 0.1) is 12.3 Å². The molecular formula is C9H9N3O2. The van der Waals surface area contributed by atoms with Gasteiger partial charge >= 0.3 is 5.97 Å². The van der Waals surface area contributed by atoms with Crippen molar-refractivity contribution in [3.05, 3.63) is 18.5 Å². The molecule has 0 unspecified atom stereocenters. The van der Waals surface area contributed by atoms with Crippen molar-refractivity contribution in [3.63, 3.8) is 0 Å². The third-order valence-electron chi connectivity index (χ3n) is 1.44. The summed E-state index contributed by atoms with van der Waals surface area (Å²) in [7, 11) is 0. The number of rotatable bonds is 4. The molecule has 0 amide bonds. The van der Waals surface area contributed by atoms with Gasteiger partial charge in [-0.15, -0.1) is 6.42 Å². The van der Waals surface area contributed by atoms with E-state index in [2.05, 4.69) is 15.9 Å². The molecule has 1 heterocycles. The molecule has 0 fully saturated rings. The summed E-state index contributed by atoms with van der Waals surface area (Å²) < 4.78 is 0. The van der Waals surface area contributed by atoms with Crippen LogP contribution in [-0.2, 0) is 4.79 Å². The van der Waals surface area contributed by atoms with Crippen molar-refractivity contribution >= 4 is 11.9 Å². The van der Waals surface area contributed by atoms with Crippen molar-refractivity contribution in [3.8, 4) is 12.3 Å². The van der Waals surface area contributed by atoms with Crippen molar-refractivity contribution in [1.29, 1.82) is 0 Å². The molecule has 0 aliphatic rings. The van der Waals surface area contributed by atoms with Gasteiger partial charge in [0.05, 0.1) is 6.54 Å². The van der Waals surface area contributed by atoms with Crippen LogP contribution in [-0.4, -0.2) is 34.1 Å². The molecule has 5 heteroatoms. The van der Waals surface area contributed by atoms with Crippen LogP contribution in [0.15, 0.2) is 18.5 Å². The summed E-state index contributed by atoms with van der Waals surface area (Å²) in [6.07, 6.45) is 8.17. The molecule has 1 aromatic heterocycles. The van der Waals surface area contributed by atoms with E-state index in [1.54, 1.807) is 6.07 Å². The molecule has 0 saturated carbocycles. The van der Waals surface area contributed by atoms with Gasteiger partial charge < -0.3 is 10.0 Å². The number of carboxylic acids is 1. The minimum absolute atomic E-state index is 0.177. The van der Waals surface area contributed by atoms with Crippen LogP contribution in [0.5, 0.6) is 0 Å². The Hall–Kier alpha value is -2.09. The first kappa shape index (κ1) is 9.99. The van der Waals surface area contributed by atoms with E-state index in [-0.39, 0.29) is 13.1 Å². The van der Waals surface area contributed by atoms with Gasteiger partial charge in [0.15, 0.2) is 0 Å². The third kappa shape index (κ3) is 2.75. The molecule has 0 saturated heterocycles. The molecule has 0 spiro atoms. The van der Waals surface area contributed by atoms with Crippen LogP contribution in [0.1, 0.15) is 0 Å². The van der Waals surface area contributed by atoms with Gasteiger partial charge in [0, 0.05) is 12.4 Å². The molecule has 1 aromatic rings. The lowest BCUT2D eigenvalue weighted by atomic mass is 10.5. The molecule has 0 bridgehead atoms. The lowest BCUT2D eigenvalue weighted by Gasteiger charge is -2.16. The van der Waals surface area contributed by atoms with Crippen molar-refractivity contribution in [2.75, 3.05) is 18.0 Å². The minimum atomic E-state index is -0.965. The second-order valence-electron chi connectivity index (χ2n) is 2.50. The van der Waals surface area contributed by atoms with Gasteiger partial charge in [-0.2, -0.15) is 0 Å². The Morgan fingerprint density at radius 1 is 1.57 bits per heavy atom. The van der Waals surface area contributed by atoms with Crippen LogP contribution in [0.3, 0.4) is 0 Å². The largest absolute Gasteiger partial charge is 0.480 e. The maximum atomic E-state index is 10.5. The van der Waals surface area contributed by atoms with Crippen LogP contribution < -0.4 is 4.90 Å². The lowest BCUT2D eigenvalue weighted by molar-refractivity contribution is -0.135. The number of carbonyl (C=O) groups is 1. The quantitative estimate of drug-likeness (QED) is 0.678. The van der Waals surface area contributed by atoms with Gasteiger partial charge in [-0.3, -0.25) is 4.79 Å². The zero-order valence-electron chi connectivity index (χ0n) is 7.42. The van der Waals surface area contributed by atoms with E-state index >= 15 is 0 Å². The summed E-state index contributed by atoms with van der Waals surface area (Å²) >= 11 is 0. The highest BCUT2D eigenvalue weighted by atomic mass is 16.4. The molecule has 0 aromatic carbocycles. The van der Waals surface area contributed by atoms with Crippen LogP contribution in [0.2, 0.25) is 0 Å². The van der Waals surface area contributed by atoms with Gasteiger partial charge in [-0.25, -0.2) is 9.97 Å². The molecule has 0 atom stereocenters. The summed E-state index contributed by atoms with van der Waals surface area (Å²) in [4.78, 5) is 19.7. The minimum Gasteiger partial charge on any atom is -0.480 e.